The van der Waals surface area contributed by atoms with Crippen LogP contribution in [-0.4, -0.2) is 12.5 Å². The molecule has 1 N–H and O–H groups in total. The highest BCUT2D eigenvalue weighted by Gasteiger charge is 2.07. The van der Waals surface area contributed by atoms with E-state index in [4.69, 9.17) is 0 Å². The van der Waals surface area contributed by atoms with Crippen molar-refractivity contribution in [2.75, 3.05) is 6.54 Å². The normalized spacial score (nSPS) is 16.5. The van der Waals surface area contributed by atoms with Crippen molar-refractivity contribution in [1.29, 1.82) is 0 Å². The zero-order valence-electron chi connectivity index (χ0n) is 8.44. The fraction of sp³-hybridized carbons (Fsp3) is 0.727. The zero-order valence-corrected chi connectivity index (χ0v) is 8.44. The average molecular weight is 181 g/mol. The molecule has 0 fully saturated rings. The predicted octanol–water partition coefficient (Wildman–Crippen LogP) is 2.40. The van der Waals surface area contributed by atoms with Gasteiger partial charge in [-0.15, -0.1) is 0 Å². The summed E-state index contributed by atoms with van der Waals surface area (Å²) in [7, 11) is 0. The van der Waals surface area contributed by atoms with Crippen LogP contribution in [0.15, 0.2) is 11.6 Å². The topological polar surface area (TPSA) is 29.1 Å². The van der Waals surface area contributed by atoms with Gasteiger partial charge in [0.25, 0.3) is 0 Å². The van der Waals surface area contributed by atoms with Crippen LogP contribution in [0.3, 0.4) is 0 Å². The summed E-state index contributed by atoms with van der Waals surface area (Å²) in [4.78, 5) is 11.3. The van der Waals surface area contributed by atoms with Gasteiger partial charge in [0.15, 0.2) is 0 Å². The molecule has 0 aliphatic heterocycles. The van der Waals surface area contributed by atoms with Crippen molar-refractivity contribution < 1.29 is 4.79 Å². The molecule has 0 bridgehead atoms. The van der Waals surface area contributed by atoms with Gasteiger partial charge in [-0.3, -0.25) is 4.79 Å². The summed E-state index contributed by atoms with van der Waals surface area (Å²) < 4.78 is 0. The van der Waals surface area contributed by atoms with E-state index in [0.717, 1.165) is 25.8 Å². The van der Waals surface area contributed by atoms with E-state index in [2.05, 4.69) is 18.3 Å². The fourth-order valence-electron chi connectivity index (χ4n) is 1.60. The summed E-state index contributed by atoms with van der Waals surface area (Å²) in [5.74, 6) is 0.190. The Morgan fingerprint density at radius 3 is 3.00 bits per heavy atom. The van der Waals surface area contributed by atoms with Gasteiger partial charge in [-0.05, 0) is 32.1 Å². The Morgan fingerprint density at radius 1 is 1.54 bits per heavy atom. The molecule has 0 radical (unpaired) electrons. The molecule has 0 spiro atoms. The third-order valence-electron chi connectivity index (χ3n) is 2.34. The van der Waals surface area contributed by atoms with Crippen LogP contribution in [-0.2, 0) is 4.79 Å². The van der Waals surface area contributed by atoms with Crippen LogP contribution in [0.25, 0.3) is 0 Å². The lowest BCUT2D eigenvalue weighted by Gasteiger charge is -2.12. The highest BCUT2D eigenvalue weighted by atomic mass is 16.1. The van der Waals surface area contributed by atoms with Crippen LogP contribution in [0.1, 0.15) is 45.4 Å². The van der Waals surface area contributed by atoms with Gasteiger partial charge >= 0.3 is 0 Å². The van der Waals surface area contributed by atoms with Gasteiger partial charge in [-0.2, -0.15) is 0 Å². The van der Waals surface area contributed by atoms with E-state index in [1.807, 2.05) is 0 Å². The van der Waals surface area contributed by atoms with Crippen molar-refractivity contribution in [2.45, 2.75) is 45.4 Å². The Labute approximate surface area is 80.4 Å². The largest absolute Gasteiger partial charge is 0.356 e. The van der Waals surface area contributed by atoms with Gasteiger partial charge in [0.2, 0.25) is 5.91 Å². The summed E-state index contributed by atoms with van der Waals surface area (Å²) in [5.41, 5.74) is 1.33. The number of carbonyl (C=O) groups is 1. The van der Waals surface area contributed by atoms with E-state index in [1.165, 1.54) is 18.4 Å². The van der Waals surface area contributed by atoms with Crippen LogP contribution in [0.5, 0.6) is 0 Å². The van der Waals surface area contributed by atoms with E-state index in [0.29, 0.717) is 6.42 Å². The van der Waals surface area contributed by atoms with Crippen molar-refractivity contribution >= 4 is 5.91 Å². The van der Waals surface area contributed by atoms with E-state index >= 15 is 0 Å². The van der Waals surface area contributed by atoms with E-state index in [1.54, 1.807) is 0 Å². The lowest BCUT2D eigenvalue weighted by molar-refractivity contribution is -0.120. The number of allylic oxidation sites excluding steroid dienone is 1. The summed E-state index contributed by atoms with van der Waals surface area (Å²) in [6.07, 6.45) is 8.71. The molecule has 1 rings (SSSR count). The molecule has 2 nitrogen and oxygen atoms in total. The molecule has 1 amide bonds. The van der Waals surface area contributed by atoms with Gasteiger partial charge in [-0.25, -0.2) is 0 Å². The van der Waals surface area contributed by atoms with Crippen molar-refractivity contribution in [2.24, 2.45) is 0 Å². The molecule has 0 aromatic rings. The monoisotopic (exact) mass is 181 g/mol. The van der Waals surface area contributed by atoms with Gasteiger partial charge in [-0.1, -0.05) is 18.6 Å². The number of hydrogen-bond acceptors (Lipinski definition) is 1. The van der Waals surface area contributed by atoms with Crippen molar-refractivity contribution in [3.63, 3.8) is 0 Å². The second-order valence-electron chi connectivity index (χ2n) is 3.63. The molecule has 0 unspecified atom stereocenters. The van der Waals surface area contributed by atoms with E-state index in [-0.39, 0.29) is 5.91 Å². The van der Waals surface area contributed by atoms with Gasteiger partial charge in [0.1, 0.15) is 0 Å². The Morgan fingerprint density at radius 2 is 2.38 bits per heavy atom. The SMILES string of the molecule is CCCNC(=O)CC1=CCCCC1. The molecular formula is C11H19NO. The van der Waals surface area contributed by atoms with Crippen LogP contribution in [0.2, 0.25) is 0 Å². The summed E-state index contributed by atoms with van der Waals surface area (Å²) in [6, 6.07) is 0. The van der Waals surface area contributed by atoms with E-state index < -0.39 is 0 Å². The lowest BCUT2D eigenvalue weighted by Crippen LogP contribution is -2.24. The third kappa shape index (κ3) is 4.11. The molecule has 13 heavy (non-hydrogen) atoms. The van der Waals surface area contributed by atoms with E-state index in [9.17, 15) is 4.79 Å². The van der Waals surface area contributed by atoms with Gasteiger partial charge in [0.05, 0.1) is 0 Å². The minimum Gasteiger partial charge on any atom is -0.356 e. The minimum absolute atomic E-state index is 0.190. The summed E-state index contributed by atoms with van der Waals surface area (Å²) in [5, 5.41) is 2.90. The molecule has 0 aromatic heterocycles. The molecule has 1 aliphatic rings. The highest BCUT2D eigenvalue weighted by molar-refractivity contribution is 5.78. The Kier molecular flexibility index (Phi) is 4.58. The van der Waals surface area contributed by atoms with Crippen molar-refractivity contribution in [3.8, 4) is 0 Å². The molecule has 0 saturated carbocycles. The Bertz CT molecular complexity index is 196. The number of amides is 1. The maximum absolute atomic E-state index is 11.3. The van der Waals surface area contributed by atoms with Gasteiger partial charge in [0, 0.05) is 13.0 Å². The molecule has 0 aromatic carbocycles. The maximum Gasteiger partial charge on any atom is 0.224 e. The zero-order chi connectivity index (χ0) is 9.52. The van der Waals surface area contributed by atoms with Gasteiger partial charge < -0.3 is 5.32 Å². The van der Waals surface area contributed by atoms with Crippen molar-refractivity contribution in [3.05, 3.63) is 11.6 Å². The molecular weight excluding hydrogens is 162 g/mol. The fourth-order valence-corrected chi connectivity index (χ4v) is 1.60. The predicted molar refractivity (Wildman–Crippen MR) is 54.5 cm³/mol. The third-order valence-corrected chi connectivity index (χ3v) is 2.34. The molecule has 0 atom stereocenters. The van der Waals surface area contributed by atoms with Crippen LogP contribution < -0.4 is 5.32 Å². The van der Waals surface area contributed by atoms with Crippen LogP contribution >= 0.6 is 0 Å². The Balaban J connectivity index is 2.22. The highest BCUT2D eigenvalue weighted by Crippen LogP contribution is 2.19. The first kappa shape index (κ1) is 10.3. The molecule has 0 saturated heterocycles. The summed E-state index contributed by atoms with van der Waals surface area (Å²) >= 11 is 0. The standard InChI is InChI=1S/C11H19NO/c1-2-8-12-11(13)9-10-6-4-3-5-7-10/h6H,2-5,7-9H2,1H3,(H,12,13). The molecule has 2 heteroatoms. The molecule has 74 valence electrons. The smallest absolute Gasteiger partial charge is 0.224 e. The summed E-state index contributed by atoms with van der Waals surface area (Å²) in [6.45, 7) is 2.88. The minimum atomic E-state index is 0.190. The quantitative estimate of drug-likeness (QED) is 0.663. The number of rotatable bonds is 4. The molecule has 1 aliphatic carbocycles. The van der Waals surface area contributed by atoms with Crippen molar-refractivity contribution in [1.82, 2.24) is 5.32 Å². The first-order valence-electron chi connectivity index (χ1n) is 5.27. The average Bonchev–Trinajstić information content (AvgIpc) is 2.16. The lowest BCUT2D eigenvalue weighted by atomic mass is 9.97. The first-order valence-corrected chi connectivity index (χ1v) is 5.27. The first-order chi connectivity index (χ1) is 6.33. The van der Waals surface area contributed by atoms with Crippen LogP contribution in [0.4, 0.5) is 0 Å². The second-order valence-corrected chi connectivity index (χ2v) is 3.63. The molecule has 0 heterocycles. The number of hydrogen-bond donors (Lipinski definition) is 1. The second kappa shape index (κ2) is 5.79. The number of nitrogens with one attached hydrogen (secondary N) is 1. The van der Waals surface area contributed by atoms with Crippen LogP contribution in [0, 0.1) is 0 Å². The maximum atomic E-state index is 11.3. The Hall–Kier alpha value is -0.790. The number of carbonyl (C=O) groups excluding carboxylic acids is 1.